The van der Waals surface area contributed by atoms with Gasteiger partial charge >= 0.3 is 0 Å². The second-order valence-electron chi connectivity index (χ2n) is 4.24. The van der Waals surface area contributed by atoms with Gasteiger partial charge < -0.3 is 14.8 Å². The molecule has 4 nitrogen and oxygen atoms in total. The molecule has 0 saturated heterocycles. The average molecular weight is 252 g/mol. The average Bonchev–Trinajstić information content (AvgIpc) is 2.42. The maximum Gasteiger partial charge on any atom is 0.0700 e. The van der Waals surface area contributed by atoms with E-state index in [-0.39, 0.29) is 0 Å². The van der Waals surface area contributed by atoms with Gasteiger partial charge in [-0.05, 0) is 38.4 Å². The quantitative estimate of drug-likeness (QED) is 0.648. The van der Waals surface area contributed by atoms with Crippen molar-refractivity contribution < 1.29 is 9.47 Å². The van der Waals surface area contributed by atoms with Crippen LogP contribution >= 0.6 is 0 Å². The molecule has 0 bridgehead atoms. The van der Waals surface area contributed by atoms with Crippen LogP contribution in [0.15, 0.2) is 24.4 Å². The third kappa shape index (κ3) is 6.69. The van der Waals surface area contributed by atoms with E-state index < -0.39 is 0 Å². The molecule has 0 aromatic carbocycles. The highest BCUT2D eigenvalue weighted by molar-refractivity contribution is 5.07. The van der Waals surface area contributed by atoms with Crippen molar-refractivity contribution in [1.82, 2.24) is 10.3 Å². The molecule has 0 aliphatic heterocycles. The smallest absolute Gasteiger partial charge is 0.0700 e. The van der Waals surface area contributed by atoms with Gasteiger partial charge in [-0.2, -0.15) is 0 Å². The molecule has 0 aliphatic carbocycles. The summed E-state index contributed by atoms with van der Waals surface area (Å²) in [6.45, 7) is 5.30. The Bertz CT molecular complexity index is 293. The van der Waals surface area contributed by atoms with Gasteiger partial charge in [-0.3, -0.25) is 4.98 Å². The van der Waals surface area contributed by atoms with Crippen LogP contribution in [0.5, 0.6) is 0 Å². The highest BCUT2D eigenvalue weighted by atomic mass is 16.5. The number of hydrogen-bond donors (Lipinski definition) is 1. The van der Waals surface area contributed by atoms with Crippen LogP contribution in [-0.4, -0.2) is 38.5 Å². The van der Waals surface area contributed by atoms with Gasteiger partial charge in [0.2, 0.25) is 0 Å². The molecule has 0 saturated carbocycles. The van der Waals surface area contributed by atoms with Crippen molar-refractivity contribution in [3.8, 4) is 0 Å². The highest BCUT2D eigenvalue weighted by Gasteiger charge is 2.03. The van der Waals surface area contributed by atoms with Crippen molar-refractivity contribution >= 4 is 0 Å². The maximum atomic E-state index is 5.40. The van der Waals surface area contributed by atoms with Crippen LogP contribution in [0.3, 0.4) is 0 Å². The Morgan fingerprint density at radius 3 is 2.83 bits per heavy atom. The van der Waals surface area contributed by atoms with Crippen molar-refractivity contribution in [3.05, 3.63) is 30.1 Å². The molecule has 0 amide bonds. The summed E-state index contributed by atoms with van der Waals surface area (Å²) in [6.07, 6.45) is 4.02. The van der Waals surface area contributed by atoms with E-state index in [0.29, 0.717) is 19.3 Å². The summed E-state index contributed by atoms with van der Waals surface area (Å²) in [6, 6.07) is 6.31. The Balaban J connectivity index is 1.98. The molecule has 0 fully saturated rings. The predicted molar refractivity (Wildman–Crippen MR) is 72.6 cm³/mol. The van der Waals surface area contributed by atoms with Crippen LogP contribution in [0, 0.1) is 0 Å². The molecule has 1 unspecified atom stereocenters. The maximum absolute atomic E-state index is 5.40. The molecule has 1 atom stereocenters. The van der Waals surface area contributed by atoms with Crippen molar-refractivity contribution in [2.45, 2.75) is 25.8 Å². The number of pyridine rings is 1. The zero-order valence-electron chi connectivity index (χ0n) is 11.4. The first-order valence-corrected chi connectivity index (χ1v) is 6.55. The molecule has 4 heteroatoms. The lowest BCUT2D eigenvalue weighted by Gasteiger charge is -2.12. The van der Waals surface area contributed by atoms with Gasteiger partial charge in [-0.15, -0.1) is 0 Å². The van der Waals surface area contributed by atoms with E-state index >= 15 is 0 Å². The number of methoxy groups -OCH3 is 1. The lowest BCUT2D eigenvalue weighted by Crippen LogP contribution is -2.21. The second kappa shape index (κ2) is 10.00. The summed E-state index contributed by atoms with van der Waals surface area (Å²) in [7, 11) is 1.69. The van der Waals surface area contributed by atoms with Crippen molar-refractivity contribution in [1.29, 1.82) is 0 Å². The van der Waals surface area contributed by atoms with E-state index in [9.17, 15) is 0 Å². The van der Waals surface area contributed by atoms with Crippen LogP contribution in [0.2, 0.25) is 0 Å². The molecule has 1 aromatic rings. The number of nitrogens with one attached hydrogen (secondary N) is 1. The second-order valence-corrected chi connectivity index (χ2v) is 4.24. The molecule has 1 N–H and O–H groups in total. The van der Waals surface area contributed by atoms with E-state index in [1.807, 2.05) is 24.4 Å². The number of aromatic nitrogens is 1. The van der Waals surface area contributed by atoms with Crippen LogP contribution in [-0.2, 0) is 9.47 Å². The number of nitrogens with zero attached hydrogens (tertiary/aromatic N) is 1. The minimum atomic E-state index is 0.306. The lowest BCUT2D eigenvalue weighted by atomic mass is 10.2. The minimum Gasteiger partial charge on any atom is -0.382 e. The molecule has 102 valence electrons. The zero-order chi connectivity index (χ0) is 13.1. The molecule has 1 rings (SSSR count). The summed E-state index contributed by atoms with van der Waals surface area (Å²) in [5.41, 5.74) is 1.09. The monoisotopic (exact) mass is 252 g/mol. The fourth-order valence-electron chi connectivity index (χ4n) is 1.63. The normalized spacial score (nSPS) is 12.6. The number of rotatable bonds is 10. The van der Waals surface area contributed by atoms with Crippen LogP contribution < -0.4 is 5.32 Å². The Hall–Kier alpha value is -0.970. The Morgan fingerprint density at radius 2 is 2.11 bits per heavy atom. The molecule has 1 heterocycles. The van der Waals surface area contributed by atoms with E-state index in [1.54, 1.807) is 7.11 Å². The summed E-state index contributed by atoms with van der Waals surface area (Å²) in [4.78, 5) is 4.33. The van der Waals surface area contributed by atoms with Gasteiger partial charge in [-0.25, -0.2) is 0 Å². The van der Waals surface area contributed by atoms with Gasteiger partial charge in [0, 0.05) is 26.0 Å². The Morgan fingerprint density at radius 1 is 1.22 bits per heavy atom. The van der Waals surface area contributed by atoms with E-state index in [2.05, 4.69) is 17.2 Å². The largest absolute Gasteiger partial charge is 0.382 e. The summed E-state index contributed by atoms with van der Waals surface area (Å²) in [5, 5.41) is 3.46. The van der Waals surface area contributed by atoms with Crippen LogP contribution in [0.25, 0.3) is 0 Å². The Labute approximate surface area is 110 Å². The van der Waals surface area contributed by atoms with Crippen LogP contribution in [0.4, 0.5) is 0 Å². The standard InChI is InChI=1S/C14H24N2O2/c1-13(14-7-3-4-9-16-14)15-8-5-6-10-18-12-11-17-2/h3-4,7,9,13,15H,5-6,8,10-12H2,1-2H3. The summed E-state index contributed by atoms with van der Waals surface area (Å²) in [5.74, 6) is 0. The third-order valence-electron chi connectivity index (χ3n) is 2.73. The fraction of sp³-hybridized carbons (Fsp3) is 0.643. The van der Waals surface area contributed by atoms with Crippen molar-refractivity contribution in [2.24, 2.45) is 0 Å². The van der Waals surface area contributed by atoms with Gasteiger partial charge in [-0.1, -0.05) is 6.07 Å². The molecule has 1 aromatic heterocycles. The van der Waals surface area contributed by atoms with Crippen LogP contribution in [0.1, 0.15) is 31.5 Å². The summed E-state index contributed by atoms with van der Waals surface area (Å²) >= 11 is 0. The predicted octanol–water partition coefficient (Wildman–Crippen LogP) is 2.18. The molecule has 0 radical (unpaired) electrons. The van der Waals surface area contributed by atoms with Gasteiger partial charge in [0.25, 0.3) is 0 Å². The van der Waals surface area contributed by atoms with E-state index in [1.165, 1.54) is 0 Å². The first kappa shape index (κ1) is 15.1. The SMILES string of the molecule is COCCOCCCCNC(C)c1ccccn1. The molecular formula is C14H24N2O2. The summed E-state index contributed by atoms with van der Waals surface area (Å²) < 4.78 is 10.3. The first-order valence-electron chi connectivity index (χ1n) is 6.55. The van der Waals surface area contributed by atoms with Crippen molar-refractivity contribution in [2.75, 3.05) is 33.5 Å². The fourth-order valence-corrected chi connectivity index (χ4v) is 1.63. The zero-order valence-corrected chi connectivity index (χ0v) is 11.4. The molecule has 0 spiro atoms. The topological polar surface area (TPSA) is 43.4 Å². The third-order valence-corrected chi connectivity index (χ3v) is 2.73. The first-order chi connectivity index (χ1) is 8.84. The lowest BCUT2D eigenvalue weighted by molar-refractivity contribution is 0.0687. The molecule has 18 heavy (non-hydrogen) atoms. The Kier molecular flexibility index (Phi) is 8.38. The minimum absolute atomic E-state index is 0.306. The number of unbranched alkanes of at least 4 members (excludes halogenated alkanes) is 1. The van der Waals surface area contributed by atoms with E-state index in [4.69, 9.17) is 9.47 Å². The number of hydrogen-bond acceptors (Lipinski definition) is 4. The van der Waals surface area contributed by atoms with Crippen molar-refractivity contribution in [3.63, 3.8) is 0 Å². The highest BCUT2D eigenvalue weighted by Crippen LogP contribution is 2.07. The molecule has 0 aliphatic rings. The van der Waals surface area contributed by atoms with Gasteiger partial charge in [0.1, 0.15) is 0 Å². The van der Waals surface area contributed by atoms with Gasteiger partial charge in [0.15, 0.2) is 0 Å². The molecular weight excluding hydrogens is 228 g/mol. The van der Waals surface area contributed by atoms with E-state index in [0.717, 1.165) is 31.7 Å². The van der Waals surface area contributed by atoms with Gasteiger partial charge in [0.05, 0.1) is 18.9 Å². The number of ether oxygens (including phenoxy) is 2.